The molecule has 4 heterocycles. The van der Waals surface area contributed by atoms with Crippen molar-refractivity contribution in [3.05, 3.63) is 102 Å². The fourth-order valence-electron chi connectivity index (χ4n) is 5.41. The molecule has 2 saturated heterocycles. The van der Waals surface area contributed by atoms with Gasteiger partial charge in [-0.3, -0.25) is 19.3 Å². The Morgan fingerprint density at radius 1 is 0.875 bits per heavy atom. The smallest absolute Gasteiger partial charge is 0.236 e. The first-order chi connectivity index (χ1) is 15.6. The molecule has 158 valence electrons. The van der Waals surface area contributed by atoms with Crippen molar-refractivity contribution in [1.82, 2.24) is 9.80 Å². The normalized spacial score (nSPS) is 25.6. The van der Waals surface area contributed by atoms with Crippen LogP contribution in [0.3, 0.4) is 0 Å². The maximum absolute atomic E-state index is 13.6. The summed E-state index contributed by atoms with van der Waals surface area (Å²) in [5.41, 5.74) is 2.84. The lowest BCUT2D eigenvalue weighted by Crippen LogP contribution is -2.44. The van der Waals surface area contributed by atoms with Crippen LogP contribution in [0.5, 0.6) is 0 Å². The van der Waals surface area contributed by atoms with E-state index in [9.17, 15) is 14.4 Å². The zero-order chi connectivity index (χ0) is 21.8. The maximum atomic E-state index is 13.6. The maximum Gasteiger partial charge on any atom is 0.236 e. The zero-order valence-electron chi connectivity index (χ0n) is 17.1. The van der Waals surface area contributed by atoms with Crippen LogP contribution < -0.4 is 0 Å². The topological polar surface area (TPSA) is 70.8 Å². The van der Waals surface area contributed by atoms with Crippen LogP contribution in [0.15, 0.2) is 83.6 Å². The van der Waals surface area contributed by atoms with Crippen LogP contribution in [0.2, 0.25) is 0 Å². The second-order valence-corrected chi connectivity index (χ2v) is 8.42. The molecule has 2 aromatic carbocycles. The number of Topliss-reactive ketones (excluding diaryl/α,β-unsaturated/α-hetero) is 1. The quantitative estimate of drug-likeness (QED) is 0.472. The van der Waals surface area contributed by atoms with Gasteiger partial charge in [-0.15, -0.1) is 0 Å². The average Bonchev–Trinajstić information content (AvgIpc) is 3.53. The molecule has 0 spiro atoms. The third-order valence-electron chi connectivity index (χ3n) is 6.77. The van der Waals surface area contributed by atoms with Crippen molar-refractivity contribution >= 4 is 23.7 Å². The van der Waals surface area contributed by atoms with Gasteiger partial charge in [-0.25, -0.2) is 0 Å². The van der Waals surface area contributed by atoms with E-state index in [0.29, 0.717) is 0 Å². The Bertz CT molecular complexity index is 1250. The van der Waals surface area contributed by atoms with Crippen LogP contribution >= 0.6 is 0 Å². The van der Waals surface area contributed by atoms with E-state index in [4.69, 9.17) is 4.42 Å². The van der Waals surface area contributed by atoms with E-state index in [1.807, 2.05) is 71.8 Å². The summed E-state index contributed by atoms with van der Waals surface area (Å²) < 4.78 is 5.38. The Morgan fingerprint density at radius 3 is 2.41 bits per heavy atom. The van der Waals surface area contributed by atoms with Crippen LogP contribution in [0.25, 0.3) is 6.08 Å². The summed E-state index contributed by atoms with van der Waals surface area (Å²) in [5.74, 6) is -1.98. The molecule has 0 saturated carbocycles. The molecular weight excluding hydrogens is 404 g/mol. The van der Waals surface area contributed by atoms with E-state index in [1.165, 1.54) is 11.2 Å². The number of carbonyl (C=O) groups is 3. The molecule has 2 amide bonds. The van der Waals surface area contributed by atoms with E-state index in [0.717, 1.165) is 16.7 Å². The molecule has 32 heavy (non-hydrogen) atoms. The third kappa shape index (κ3) is 2.62. The minimum Gasteiger partial charge on any atom is -0.461 e. The molecule has 3 aliphatic rings. The predicted molar refractivity (Wildman–Crippen MR) is 116 cm³/mol. The Morgan fingerprint density at radius 2 is 1.62 bits per heavy atom. The molecule has 3 aromatic rings. The van der Waals surface area contributed by atoms with Crippen molar-refractivity contribution in [3.63, 3.8) is 0 Å². The number of benzene rings is 2. The highest BCUT2D eigenvalue weighted by Crippen LogP contribution is 2.53. The molecule has 0 aliphatic carbocycles. The summed E-state index contributed by atoms with van der Waals surface area (Å²) in [6.07, 6.45) is 5.23. The number of carbonyl (C=O) groups excluding carboxylic acids is 3. The fraction of sp³-hybridized carbons (Fsp3) is 0.192. The molecule has 1 aromatic heterocycles. The number of ketones is 1. The number of hydrogen-bond acceptors (Lipinski definition) is 5. The zero-order valence-corrected chi connectivity index (χ0v) is 17.1. The van der Waals surface area contributed by atoms with Crippen LogP contribution in [0.4, 0.5) is 0 Å². The van der Waals surface area contributed by atoms with E-state index >= 15 is 0 Å². The summed E-state index contributed by atoms with van der Waals surface area (Å²) in [5, 5.41) is 0. The van der Waals surface area contributed by atoms with Gasteiger partial charge in [-0.05, 0) is 34.9 Å². The highest BCUT2D eigenvalue weighted by molar-refractivity contribution is 6.11. The molecule has 6 nitrogen and oxygen atoms in total. The van der Waals surface area contributed by atoms with Gasteiger partial charge in [0.1, 0.15) is 6.04 Å². The van der Waals surface area contributed by atoms with Crippen LogP contribution in [0.1, 0.15) is 33.3 Å². The van der Waals surface area contributed by atoms with Crippen LogP contribution in [0, 0.1) is 11.8 Å². The summed E-state index contributed by atoms with van der Waals surface area (Å²) in [6.45, 7) is 0.206. The van der Waals surface area contributed by atoms with Gasteiger partial charge in [0.15, 0.2) is 5.76 Å². The Balaban J connectivity index is 1.45. The number of rotatable bonds is 4. The highest BCUT2D eigenvalue weighted by atomic mass is 16.3. The summed E-state index contributed by atoms with van der Waals surface area (Å²) in [7, 11) is 0. The first-order valence-corrected chi connectivity index (χ1v) is 10.7. The summed E-state index contributed by atoms with van der Waals surface area (Å²) >= 11 is 0. The van der Waals surface area contributed by atoms with Crippen molar-refractivity contribution in [1.29, 1.82) is 0 Å². The van der Waals surface area contributed by atoms with Crippen LogP contribution in [-0.2, 0) is 16.1 Å². The van der Waals surface area contributed by atoms with Crippen LogP contribution in [-0.4, -0.2) is 33.4 Å². The fourth-order valence-corrected chi connectivity index (χ4v) is 5.41. The van der Waals surface area contributed by atoms with E-state index in [1.54, 1.807) is 12.1 Å². The molecule has 0 N–H and O–H groups in total. The lowest BCUT2D eigenvalue weighted by atomic mass is 9.84. The average molecular weight is 424 g/mol. The lowest BCUT2D eigenvalue weighted by Gasteiger charge is -2.35. The minimum absolute atomic E-state index is 0.198. The van der Waals surface area contributed by atoms with Crippen molar-refractivity contribution in [2.75, 3.05) is 0 Å². The van der Waals surface area contributed by atoms with E-state index in [-0.39, 0.29) is 35.9 Å². The number of nitrogens with zero attached hydrogens (tertiary/aromatic N) is 2. The standard InChI is InChI=1S/C26H20N2O4/c29-24(19-11-6-14-32-19)23-21-20(22-18-10-5-4-9-17(18)12-13-27(22)23)25(30)28(26(21)31)15-16-7-2-1-3-8-16/h1-14,20-23H,15H2/t20-,21+,22?,23-/m0/s1. The largest absolute Gasteiger partial charge is 0.461 e. The predicted octanol–water partition coefficient (Wildman–Crippen LogP) is 3.67. The Kier molecular flexibility index (Phi) is 4.15. The van der Waals surface area contributed by atoms with Gasteiger partial charge in [-0.1, -0.05) is 54.6 Å². The Hall–Kier alpha value is -3.93. The molecule has 3 aliphatic heterocycles. The number of likely N-dealkylation sites (tertiary alicyclic amines) is 1. The number of imide groups is 1. The minimum atomic E-state index is -0.794. The number of hydrogen-bond donors (Lipinski definition) is 0. The highest BCUT2D eigenvalue weighted by Gasteiger charge is 2.64. The Labute approximate surface area is 184 Å². The summed E-state index contributed by atoms with van der Waals surface area (Å²) in [4.78, 5) is 43.9. The third-order valence-corrected chi connectivity index (χ3v) is 6.77. The van der Waals surface area contributed by atoms with Gasteiger partial charge in [0.2, 0.25) is 17.6 Å². The number of fused-ring (bicyclic) bond motifs is 5. The number of furan rings is 1. The van der Waals surface area contributed by atoms with Gasteiger partial charge in [0.25, 0.3) is 0 Å². The SMILES string of the molecule is O=C(c1ccco1)[C@@H]1[C@@H]2C(=O)N(Cc3ccccc3)C(=O)[C@@H]2C2c3ccccc3C=CN21. The van der Waals surface area contributed by atoms with Crippen molar-refractivity contribution in [3.8, 4) is 0 Å². The van der Waals surface area contributed by atoms with Gasteiger partial charge in [-0.2, -0.15) is 0 Å². The van der Waals surface area contributed by atoms with E-state index in [2.05, 4.69) is 0 Å². The molecule has 2 fully saturated rings. The van der Waals surface area contributed by atoms with Crippen molar-refractivity contribution in [2.24, 2.45) is 11.8 Å². The van der Waals surface area contributed by atoms with Gasteiger partial charge in [0.05, 0.1) is 30.7 Å². The molecule has 0 bridgehead atoms. The van der Waals surface area contributed by atoms with Crippen molar-refractivity contribution in [2.45, 2.75) is 18.6 Å². The van der Waals surface area contributed by atoms with Gasteiger partial charge >= 0.3 is 0 Å². The molecule has 6 rings (SSSR count). The molecule has 6 heteroatoms. The van der Waals surface area contributed by atoms with Gasteiger partial charge in [0, 0.05) is 6.20 Å². The summed E-state index contributed by atoms with van der Waals surface area (Å²) in [6, 6.07) is 19.4. The van der Waals surface area contributed by atoms with Crippen molar-refractivity contribution < 1.29 is 18.8 Å². The first kappa shape index (κ1) is 18.8. The second kappa shape index (κ2) is 7.05. The first-order valence-electron chi connectivity index (χ1n) is 10.7. The molecule has 4 atom stereocenters. The second-order valence-electron chi connectivity index (χ2n) is 8.42. The molecule has 0 radical (unpaired) electrons. The van der Waals surface area contributed by atoms with E-state index < -0.39 is 17.9 Å². The van der Waals surface area contributed by atoms with Gasteiger partial charge < -0.3 is 9.32 Å². The monoisotopic (exact) mass is 424 g/mol. The molecule has 1 unspecified atom stereocenters. The number of amides is 2. The lowest BCUT2D eigenvalue weighted by molar-refractivity contribution is -0.142. The molecular formula is C26H20N2O4.